The summed E-state index contributed by atoms with van der Waals surface area (Å²) >= 11 is 0. The molecule has 2 fully saturated rings. The van der Waals surface area contributed by atoms with E-state index in [1.807, 2.05) is 44.2 Å². The number of hydrogen-bond acceptors (Lipinski definition) is 7. The first kappa shape index (κ1) is 26.0. The molecule has 192 valence electrons. The molecule has 1 aromatic heterocycles. The third-order valence-electron chi connectivity index (χ3n) is 7.40. The number of amides is 1. The summed E-state index contributed by atoms with van der Waals surface area (Å²) in [5.74, 6) is -0.903. The molecule has 10 heteroatoms. The van der Waals surface area contributed by atoms with E-state index < -0.39 is 18.6 Å². The molecule has 4 rings (SSSR count). The highest BCUT2D eigenvalue weighted by molar-refractivity contribution is 6.64. The summed E-state index contributed by atoms with van der Waals surface area (Å²) in [7, 11) is 0. The highest BCUT2D eigenvalue weighted by Gasteiger charge is 2.64. The van der Waals surface area contributed by atoms with Crippen LogP contribution in [-0.2, 0) is 25.3 Å². The number of rotatable bonds is 10. The first-order valence-corrected chi connectivity index (χ1v) is 12.7. The van der Waals surface area contributed by atoms with Gasteiger partial charge in [-0.15, -0.1) is 0 Å². The molecule has 6 atom stereocenters. The number of aromatic nitrogens is 2. The molecular formula is C26H35BN4O5. The van der Waals surface area contributed by atoms with Gasteiger partial charge in [0.1, 0.15) is 11.7 Å². The van der Waals surface area contributed by atoms with E-state index >= 15 is 0 Å². The topological polar surface area (TPSA) is 112 Å². The zero-order chi connectivity index (χ0) is 25.9. The summed E-state index contributed by atoms with van der Waals surface area (Å²) in [6.45, 7) is 6.51. The molecule has 2 saturated heterocycles. The zero-order valence-corrected chi connectivity index (χ0v) is 21.3. The molecule has 0 spiro atoms. The Morgan fingerprint density at radius 3 is 2.61 bits per heavy atom. The normalized spacial score (nSPS) is 26.8. The molecule has 36 heavy (non-hydrogen) atoms. The largest absolute Gasteiger partial charge is 0.611 e. The second-order valence-electron chi connectivity index (χ2n) is 10.5. The molecule has 2 aliphatic heterocycles. The number of carbonyl (C=O) groups is 3. The number of ketones is 1. The molecule has 0 aliphatic carbocycles. The molecular weight excluding hydrogens is 459 g/mol. The number of benzene rings is 1. The van der Waals surface area contributed by atoms with Crippen molar-refractivity contribution in [3.8, 4) is 0 Å². The van der Waals surface area contributed by atoms with E-state index in [9.17, 15) is 14.4 Å². The Labute approximate surface area is 212 Å². The molecule has 0 bridgehead atoms. The summed E-state index contributed by atoms with van der Waals surface area (Å²) in [6, 6.07) is 8.54. The molecule has 3 heterocycles. The van der Waals surface area contributed by atoms with E-state index in [1.165, 1.54) is 18.6 Å². The fourth-order valence-electron chi connectivity index (χ4n) is 5.84. The summed E-state index contributed by atoms with van der Waals surface area (Å²) in [5, 5.41) is 2.88. The van der Waals surface area contributed by atoms with Gasteiger partial charge in [-0.3, -0.25) is 14.6 Å². The number of Topliss-reactive ketones (excluding diaryl/α,β-unsaturated/α-hetero) is 1. The fraction of sp³-hybridized carbons (Fsp3) is 0.500. The van der Waals surface area contributed by atoms with Crippen molar-refractivity contribution in [3.05, 3.63) is 60.2 Å². The molecule has 1 amide bonds. The van der Waals surface area contributed by atoms with Crippen molar-refractivity contribution in [2.45, 2.75) is 70.9 Å². The van der Waals surface area contributed by atoms with Gasteiger partial charge in [-0.1, -0.05) is 50.6 Å². The molecule has 9 nitrogen and oxygen atoms in total. The minimum absolute atomic E-state index is 0.0905. The average Bonchev–Trinajstić information content (AvgIpc) is 3.33. The monoisotopic (exact) mass is 494 g/mol. The number of nitrogens with one attached hydrogen (secondary N) is 2. The van der Waals surface area contributed by atoms with Crippen LogP contribution in [0.1, 0.15) is 56.6 Å². The molecule has 2 unspecified atom stereocenters. The van der Waals surface area contributed by atoms with Gasteiger partial charge in [0.2, 0.25) is 0 Å². The van der Waals surface area contributed by atoms with E-state index in [2.05, 4.69) is 29.1 Å². The molecule has 0 saturated carbocycles. The zero-order valence-electron chi connectivity index (χ0n) is 21.3. The van der Waals surface area contributed by atoms with Crippen LogP contribution in [0, 0.1) is 5.92 Å². The summed E-state index contributed by atoms with van der Waals surface area (Å²) in [5.41, 5.74) is 1.07. The van der Waals surface area contributed by atoms with Crippen LogP contribution in [0.25, 0.3) is 0 Å². The smallest absolute Gasteiger partial charge is 0.530 e. The number of fused-ring (bicyclic) bond motifs is 1. The number of carbonyl (C=O) groups excluding carboxylic acids is 3. The quantitative estimate of drug-likeness (QED) is 0.480. The average molecular weight is 494 g/mol. The lowest BCUT2D eigenvalue weighted by atomic mass is 9.53. The van der Waals surface area contributed by atoms with Crippen LogP contribution in [0.4, 0.5) is 0 Å². The number of quaternary nitrogens is 1. The van der Waals surface area contributed by atoms with Gasteiger partial charge < -0.3 is 19.4 Å². The Morgan fingerprint density at radius 2 is 1.94 bits per heavy atom. The molecule has 2 aromatic rings. The maximum Gasteiger partial charge on any atom is 0.530 e. The van der Waals surface area contributed by atoms with Crippen molar-refractivity contribution in [1.82, 2.24) is 15.3 Å². The van der Waals surface area contributed by atoms with Crippen LogP contribution in [-0.4, -0.2) is 59.0 Å². The van der Waals surface area contributed by atoms with Gasteiger partial charge in [-0.05, 0) is 44.0 Å². The van der Waals surface area contributed by atoms with Gasteiger partial charge in [-0.25, -0.2) is 9.78 Å². The van der Waals surface area contributed by atoms with Gasteiger partial charge in [-0.2, -0.15) is 0 Å². The van der Waals surface area contributed by atoms with Crippen LogP contribution >= 0.6 is 0 Å². The molecule has 2 N–H and O–H groups in total. The third-order valence-corrected chi connectivity index (χ3v) is 7.40. The maximum atomic E-state index is 13.8. The number of hydrogen-bond donors (Lipinski definition) is 2. The van der Waals surface area contributed by atoms with Gasteiger partial charge in [0.25, 0.3) is 5.91 Å². The Morgan fingerprint density at radius 1 is 1.19 bits per heavy atom. The second kappa shape index (κ2) is 10.9. The number of nitrogens with zero attached hydrogens (tertiary/aromatic N) is 2. The van der Waals surface area contributed by atoms with Crippen molar-refractivity contribution < 1.29 is 28.5 Å². The highest BCUT2D eigenvalue weighted by atomic mass is 16.7. The van der Waals surface area contributed by atoms with E-state index in [1.54, 1.807) is 0 Å². The Hall–Kier alpha value is -3.11. The molecule has 1 aromatic carbocycles. The SMILES string of the molecule is CC(C)C[C@H](CC(=O)[C@H](Cc1ccccc1)NC(=O)c1cnccn1)[B-]12OC[C@@H](C)[NH+]1[C@H](C)C(=O)O2. The first-order valence-electron chi connectivity index (χ1n) is 12.7. The van der Waals surface area contributed by atoms with Crippen molar-refractivity contribution in [3.63, 3.8) is 0 Å². The van der Waals surface area contributed by atoms with Crippen molar-refractivity contribution >= 4 is 24.3 Å². The minimum Gasteiger partial charge on any atom is -0.611 e. The third kappa shape index (κ3) is 5.34. The van der Waals surface area contributed by atoms with E-state index in [-0.39, 0.29) is 47.7 Å². The Bertz CT molecular complexity index is 1090. The predicted molar refractivity (Wildman–Crippen MR) is 134 cm³/mol. The lowest BCUT2D eigenvalue weighted by Crippen LogP contribution is -3.25. The summed E-state index contributed by atoms with van der Waals surface area (Å²) < 4.78 is 12.2. The Balaban J connectivity index is 1.60. The van der Waals surface area contributed by atoms with Gasteiger partial charge in [0.05, 0.1) is 24.9 Å². The second-order valence-corrected chi connectivity index (χ2v) is 10.5. The van der Waals surface area contributed by atoms with Crippen molar-refractivity contribution in [2.24, 2.45) is 5.92 Å². The lowest BCUT2D eigenvalue weighted by Gasteiger charge is -2.40. The van der Waals surface area contributed by atoms with Crippen LogP contribution < -0.4 is 10.1 Å². The maximum absolute atomic E-state index is 13.8. The van der Waals surface area contributed by atoms with Gasteiger partial charge in [0.15, 0.2) is 5.78 Å². The van der Waals surface area contributed by atoms with Crippen LogP contribution in [0.2, 0.25) is 5.82 Å². The summed E-state index contributed by atoms with van der Waals surface area (Å²) in [4.78, 5) is 48.4. The highest BCUT2D eigenvalue weighted by Crippen LogP contribution is 2.36. The van der Waals surface area contributed by atoms with Gasteiger partial charge in [0, 0.05) is 12.4 Å². The molecule has 2 aliphatic rings. The minimum atomic E-state index is -2.04. The van der Waals surface area contributed by atoms with Crippen LogP contribution in [0.3, 0.4) is 0 Å². The Kier molecular flexibility index (Phi) is 7.85. The van der Waals surface area contributed by atoms with E-state index in [0.717, 1.165) is 10.4 Å². The van der Waals surface area contributed by atoms with E-state index in [0.29, 0.717) is 19.4 Å². The predicted octanol–water partition coefficient (Wildman–Crippen LogP) is 1.38. The fourth-order valence-corrected chi connectivity index (χ4v) is 5.84. The standard InChI is InChI=1S/C26H35BN4O5/c1-17(2)12-21(27-31(18(3)16-35-27)19(4)26(34)36-27)14-24(32)22(13-20-8-6-5-7-9-20)30-25(33)23-15-28-10-11-29-23/h5-11,15,17-19,21-22,31H,12-14,16H2,1-4H3,(H,30,33)/t18-,19-,21-,22+,27?/m1/s1. The van der Waals surface area contributed by atoms with E-state index in [4.69, 9.17) is 9.31 Å². The van der Waals surface area contributed by atoms with Crippen molar-refractivity contribution in [2.75, 3.05) is 6.61 Å². The lowest BCUT2D eigenvalue weighted by molar-refractivity contribution is -0.831. The van der Waals surface area contributed by atoms with Gasteiger partial charge >= 0.3 is 12.7 Å². The van der Waals surface area contributed by atoms with Crippen LogP contribution in [0.15, 0.2) is 48.9 Å². The van der Waals surface area contributed by atoms with Crippen LogP contribution in [0.5, 0.6) is 0 Å². The summed E-state index contributed by atoms with van der Waals surface area (Å²) in [6.07, 6.45) is 5.43. The molecule has 0 radical (unpaired) electrons. The first-order chi connectivity index (χ1) is 17.2. The van der Waals surface area contributed by atoms with Crippen molar-refractivity contribution in [1.29, 1.82) is 0 Å².